The number of amides is 1. The molecule has 1 amide bonds. The number of benzene rings is 1. The molecule has 0 heterocycles. The van der Waals surface area contributed by atoms with Gasteiger partial charge in [-0.05, 0) is 26.0 Å². The number of nitro benzene ring substituents is 1. The number of hydrogen-bond donors (Lipinski definition) is 1. The summed E-state index contributed by atoms with van der Waals surface area (Å²) in [5.74, 6) is -0.581. The Labute approximate surface area is 97.8 Å². The van der Waals surface area contributed by atoms with Crippen molar-refractivity contribution in [1.29, 1.82) is 0 Å². The summed E-state index contributed by atoms with van der Waals surface area (Å²) in [6, 6.07) is 4.61. The normalized spacial score (nSPS) is 11.6. The Morgan fingerprint density at radius 2 is 1.82 bits per heavy atom. The van der Waals surface area contributed by atoms with E-state index in [0.29, 0.717) is 0 Å². The molecule has 0 aliphatic carbocycles. The number of carbonyl (C=O) groups excluding carboxylic acids is 2. The van der Waals surface area contributed by atoms with Crippen molar-refractivity contribution in [1.82, 2.24) is 5.32 Å². The highest BCUT2D eigenvalue weighted by atomic mass is 16.6. The van der Waals surface area contributed by atoms with Crippen LogP contribution in [-0.2, 0) is 4.79 Å². The third-order valence-corrected chi connectivity index (χ3v) is 2.30. The summed E-state index contributed by atoms with van der Waals surface area (Å²) in [7, 11) is 0. The van der Waals surface area contributed by atoms with E-state index in [2.05, 4.69) is 5.32 Å². The van der Waals surface area contributed by atoms with Crippen LogP contribution in [0.15, 0.2) is 24.3 Å². The van der Waals surface area contributed by atoms with Gasteiger partial charge in [0.05, 0.1) is 11.0 Å². The quantitative estimate of drug-likeness (QED) is 0.630. The van der Waals surface area contributed by atoms with E-state index in [-0.39, 0.29) is 17.0 Å². The second kappa shape index (κ2) is 5.20. The third kappa shape index (κ3) is 3.37. The van der Waals surface area contributed by atoms with E-state index in [4.69, 9.17) is 0 Å². The molecular weight excluding hydrogens is 224 g/mol. The molecule has 0 spiro atoms. The lowest BCUT2D eigenvalue weighted by Crippen LogP contribution is -2.37. The lowest BCUT2D eigenvalue weighted by molar-refractivity contribution is -0.384. The van der Waals surface area contributed by atoms with Gasteiger partial charge in [-0.1, -0.05) is 0 Å². The van der Waals surface area contributed by atoms with Crippen molar-refractivity contribution in [2.75, 3.05) is 0 Å². The Morgan fingerprint density at radius 1 is 1.29 bits per heavy atom. The van der Waals surface area contributed by atoms with Gasteiger partial charge in [0.1, 0.15) is 0 Å². The second-order valence-corrected chi connectivity index (χ2v) is 3.61. The van der Waals surface area contributed by atoms with Crippen LogP contribution in [0.25, 0.3) is 0 Å². The second-order valence-electron chi connectivity index (χ2n) is 3.61. The van der Waals surface area contributed by atoms with Crippen LogP contribution in [0.2, 0.25) is 0 Å². The number of ketones is 1. The molecule has 0 fully saturated rings. The van der Waals surface area contributed by atoms with Gasteiger partial charge in [-0.3, -0.25) is 19.7 Å². The highest BCUT2D eigenvalue weighted by Gasteiger charge is 2.13. The van der Waals surface area contributed by atoms with E-state index in [1.165, 1.54) is 31.2 Å². The molecule has 0 aliphatic rings. The first-order chi connectivity index (χ1) is 7.91. The van der Waals surface area contributed by atoms with Gasteiger partial charge in [-0.2, -0.15) is 0 Å². The van der Waals surface area contributed by atoms with Crippen LogP contribution in [-0.4, -0.2) is 22.7 Å². The average Bonchev–Trinajstić information content (AvgIpc) is 2.28. The molecule has 1 N–H and O–H groups in total. The maximum absolute atomic E-state index is 11.6. The fraction of sp³-hybridized carbons (Fsp3) is 0.273. The van der Waals surface area contributed by atoms with Gasteiger partial charge >= 0.3 is 0 Å². The zero-order valence-electron chi connectivity index (χ0n) is 9.47. The zero-order chi connectivity index (χ0) is 13.0. The van der Waals surface area contributed by atoms with Crippen molar-refractivity contribution >= 4 is 17.4 Å². The molecule has 0 radical (unpaired) electrons. The van der Waals surface area contributed by atoms with Crippen LogP contribution in [0.4, 0.5) is 5.69 Å². The summed E-state index contributed by atoms with van der Waals surface area (Å²) in [5, 5.41) is 12.9. The number of carbonyl (C=O) groups is 2. The van der Waals surface area contributed by atoms with Crippen molar-refractivity contribution in [2.45, 2.75) is 19.9 Å². The van der Waals surface area contributed by atoms with Gasteiger partial charge in [0.25, 0.3) is 11.6 Å². The Bertz CT molecular complexity index is 453. The molecule has 0 aromatic heterocycles. The smallest absolute Gasteiger partial charge is 0.269 e. The maximum Gasteiger partial charge on any atom is 0.269 e. The molecule has 90 valence electrons. The lowest BCUT2D eigenvalue weighted by Gasteiger charge is -2.10. The minimum Gasteiger partial charge on any atom is -0.343 e. The molecule has 0 saturated carbocycles. The monoisotopic (exact) mass is 236 g/mol. The van der Waals surface area contributed by atoms with Crippen molar-refractivity contribution < 1.29 is 14.5 Å². The minimum atomic E-state index is -0.572. The molecule has 1 aromatic carbocycles. The number of non-ortho nitro benzene ring substituents is 1. The zero-order valence-corrected chi connectivity index (χ0v) is 9.47. The topological polar surface area (TPSA) is 89.3 Å². The number of Topliss-reactive ketones (excluding diaryl/α,β-unsaturated/α-hetero) is 1. The summed E-state index contributed by atoms with van der Waals surface area (Å²) in [6.45, 7) is 2.95. The van der Waals surface area contributed by atoms with Gasteiger partial charge in [0.15, 0.2) is 5.78 Å². The molecule has 17 heavy (non-hydrogen) atoms. The first-order valence-corrected chi connectivity index (χ1v) is 4.97. The Balaban J connectivity index is 2.77. The van der Waals surface area contributed by atoms with E-state index >= 15 is 0 Å². The van der Waals surface area contributed by atoms with Gasteiger partial charge in [-0.15, -0.1) is 0 Å². The minimum absolute atomic E-state index is 0.0823. The molecule has 1 aromatic rings. The van der Waals surface area contributed by atoms with Gasteiger partial charge in [0, 0.05) is 17.7 Å². The number of nitro groups is 1. The predicted octanol–water partition coefficient (Wildman–Crippen LogP) is 1.30. The summed E-state index contributed by atoms with van der Waals surface area (Å²) in [4.78, 5) is 32.4. The molecule has 0 bridgehead atoms. The number of nitrogens with one attached hydrogen (secondary N) is 1. The lowest BCUT2D eigenvalue weighted by atomic mass is 10.1. The van der Waals surface area contributed by atoms with E-state index in [1.54, 1.807) is 6.92 Å². The molecule has 1 rings (SSSR count). The van der Waals surface area contributed by atoms with E-state index < -0.39 is 16.9 Å². The Kier molecular flexibility index (Phi) is 3.92. The first-order valence-electron chi connectivity index (χ1n) is 4.97. The molecule has 0 aliphatic heterocycles. The van der Waals surface area contributed by atoms with E-state index in [9.17, 15) is 19.7 Å². The standard InChI is InChI=1S/C11H12N2O4/c1-7(8(2)14)12-11(15)9-3-5-10(6-4-9)13(16)17/h3-7H,1-2H3,(H,12,15). The van der Waals surface area contributed by atoms with Crippen molar-refractivity contribution in [2.24, 2.45) is 0 Å². The summed E-state index contributed by atoms with van der Waals surface area (Å²) >= 11 is 0. The van der Waals surface area contributed by atoms with Crippen LogP contribution >= 0.6 is 0 Å². The summed E-state index contributed by atoms with van der Waals surface area (Å²) < 4.78 is 0. The first kappa shape index (κ1) is 12.8. The van der Waals surface area contributed by atoms with Crippen LogP contribution in [0.3, 0.4) is 0 Å². The third-order valence-electron chi connectivity index (χ3n) is 2.30. The molecular formula is C11H12N2O4. The van der Waals surface area contributed by atoms with E-state index in [1.807, 2.05) is 0 Å². The van der Waals surface area contributed by atoms with Gasteiger partial charge < -0.3 is 5.32 Å². The van der Waals surface area contributed by atoms with Crippen LogP contribution in [0.1, 0.15) is 24.2 Å². The van der Waals surface area contributed by atoms with Crippen LogP contribution in [0, 0.1) is 10.1 Å². The van der Waals surface area contributed by atoms with Gasteiger partial charge in [-0.25, -0.2) is 0 Å². The summed E-state index contributed by atoms with van der Waals surface area (Å²) in [5.41, 5.74) is 0.199. The van der Waals surface area contributed by atoms with Crippen LogP contribution < -0.4 is 5.32 Å². The molecule has 0 saturated heterocycles. The van der Waals surface area contributed by atoms with Crippen molar-refractivity contribution in [3.05, 3.63) is 39.9 Å². The number of nitrogens with zero attached hydrogens (tertiary/aromatic N) is 1. The molecule has 6 heteroatoms. The predicted molar refractivity (Wildman–Crippen MR) is 60.7 cm³/mol. The Hall–Kier alpha value is -2.24. The fourth-order valence-corrected chi connectivity index (χ4v) is 1.12. The maximum atomic E-state index is 11.6. The van der Waals surface area contributed by atoms with Crippen molar-refractivity contribution in [3.63, 3.8) is 0 Å². The summed E-state index contributed by atoms with van der Waals surface area (Å²) in [6.07, 6.45) is 0. The van der Waals surface area contributed by atoms with E-state index in [0.717, 1.165) is 0 Å². The number of hydrogen-bond acceptors (Lipinski definition) is 4. The van der Waals surface area contributed by atoms with Crippen LogP contribution in [0.5, 0.6) is 0 Å². The highest BCUT2D eigenvalue weighted by Crippen LogP contribution is 2.11. The molecule has 1 unspecified atom stereocenters. The Morgan fingerprint density at radius 3 is 2.24 bits per heavy atom. The van der Waals surface area contributed by atoms with Gasteiger partial charge in [0.2, 0.25) is 0 Å². The highest BCUT2D eigenvalue weighted by molar-refractivity contribution is 5.97. The molecule has 6 nitrogen and oxygen atoms in total. The van der Waals surface area contributed by atoms with Crippen molar-refractivity contribution in [3.8, 4) is 0 Å². The fourth-order valence-electron chi connectivity index (χ4n) is 1.12. The molecule has 1 atom stereocenters. The largest absolute Gasteiger partial charge is 0.343 e. The SMILES string of the molecule is CC(=O)C(C)NC(=O)c1ccc([N+](=O)[O-])cc1. The average molecular weight is 236 g/mol. The number of rotatable bonds is 4.